The van der Waals surface area contributed by atoms with E-state index in [0.717, 1.165) is 37.4 Å². The largest absolute Gasteiger partial charge is 0.485 e. The SMILES string of the molecule is Clc1ccc2c(c1OCc1ccccn1)CCNCC2.O=C(O)CCC(=O)O. The Kier molecular flexibility index (Phi) is 8.71. The van der Waals surface area contributed by atoms with Crippen molar-refractivity contribution < 1.29 is 24.5 Å². The van der Waals surface area contributed by atoms with Crippen LogP contribution < -0.4 is 10.1 Å². The van der Waals surface area contributed by atoms with E-state index >= 15 is 0 Å². The molecule has 7 nitrogen and oxygen atoms in total. The van der Waals surface area contributed by atoms with Gasteiger partial charge in [0, 0.05) is 11.8 Å². The zero-order chi connectivity index (χ0) is 20.4. The minimum Gasteiger partial charge on any atom is -0.485 e. The van der Waals surface area contributed by atoms with E-state index in [1.807, 2.05) is 24.3 Å². The zero-order valence-electron chi connectivity index (χ0n) is 15.4. The number of fused-ring (bicyclic) bond motifs is 1. The maximum absolute atomic E-state index is 9.64. The van der Waals surface area contributed by atoms with Gasteiger partial charge in [-0.3, -0.25) is 14.6 Å². The molecule has 0 saturated heterocycles. The van der Waals surface area contributed by atoms with Crippen LogP contribution in [0.4, 0.5) is 0 Å². The first kappa shape index (κ1) is 21.7. The van der Waals surface area contributed by atoms with Crippen molar-refractivity contribution in [1.82, 2.24) is 10.3 Å². The number of aliphatic carboxylic acids is 2. The standard InChI is InChI=1S/C16H17ClN2O.C4H6O4/c17-15-5-4-12-6-9-18-10-7-14(12)16(15)20-11-13-3-1-2-8-19-13;5-3(6)1-2-4(7)8/h1-5,8,18H,6-7,9-11H2;1-2H2,(H,5,6)(H,7,8). The Morgan fingerprint density at radius 3 is 2.43 bits per heavy atom. The lowest BCUT2D eigenvalue weighted by molar-refractivity contribution is -0.143. The summed E-state index contributed by atoms with van der Waals surface area (Å²) in [6, 6.07) is 9.86. The number of carboxylic acid groups (broad SMARTS) is 2. The number of carboxylic acids is 2. The number of ether oxygens (including phenoxy) is 1. The number of halogens is 1. The van der Waals surface area contributed by atoms with Gasteiger partial charge in [0.25, 0.3) is 0 Å². The summed E-state index contributed by atoms with van der Waals surface area (Å²) in [5.41, 5.74) is 3.47. The highest BCUT2D eigenvalue weighted by Crippen LogP contribution is 2.33. The van der Waals surface area contributed by atoms with E-state index in [0.29, 0.717) is 11.6 Å². The van der Waals surface area contributed by atoms with E-state index in [9.17, 15) is 9.59 Å². The molecule has 1 aromatic heterocycles. The molecular weight excluding hydrogens is 384 g/mol. The summed E-state index contributed by atoms with van der Waals surface area (Å²) in [7, 11) is 0. The first-order valence-electron chi connectivity index (χ1n) is 8.94. The second kappa shape index (κ2) is 11.3. The fraction of sp³-hybridized carbons (Fsp3) is 0.350. The maximum atomic E-state index is 9.64. The van der Waals surface area contributed by atoms with Crippen LogP contribution in [-0.2, 0) is 29.0 Å². The van der Waals surface area contributed by atoms with Crippen LogP contribution in [0.5, 0.6) is 5.75 Å². The summed E-state index contributed by atoms with van der Waals surface area (Å²) in [6.45, 7) is 2.42. The third-order valence-corrected chi connectivity index (χ3v) is 4.37. The number of hydrogen-bond acceptors (Lipinski definition) is 5. The number of carbonyl (C=O) groups is 2. The molecule has 0 radical (unpaired) electrons. The first-order valence-corrected chi connectivity index (χ1v) is 9.32. The van der Waals surface area contributed by atoms with E-state index in [-0.39, 0.29) is 12.8 Å². The number of aromatic nitrogens is 1. The van der Waals surface area contributed by atoms with Crippen molar-refractivity contribution in [2.45, 2.75) is 32.3 Å². The van der Waals surface area contributed by atoms with Crippen molar-refractivity contribution in [3.63, 3.8) is 0 Å². The molecule has 3 N–H and O–H groups in total. The lowest BCUT2D eigenvalue weighted by Gasteiger charge is -2.15. The van der Waals surface area contributed by atoms with Crippen molar-refractivity contribution in [2.24, 2.45) is 0 Å². The molecule has 0 saturated carbocycles. The van der Waals surface area contributed by atoms with Gasteiger partial charge in [-0.15, -0.1) is 0 Å². The number of rotatable bonds is 6. The van der Waals surface area contributed by atoms with Gasteiger partial charge in [0.1, 0.15) is 12.4 Å². The quantitative estimate of drug-likeness (QED) is 0.676. The maximum Gasteiger partial charge on any atom is 0.303 e. The average Bonchev–Trinajstić information content (AvgIpc) is 2.92. The Morgan fingerprint density at radius 1 is 1.07 bits per heavy atom. The van der Waals surface area contributed by atoms with Gasteiger partial charge in [0.05, 0.1) is 23.6 Å². The van der Waals surface area contributed by atoms with Crippen molar-refractivity contribution in [1.29, 1.82) is 0 Å². The summed E-state index contributed by atoms with van der Waals surface area (Å²) < 4.78 is 5.95. The van der Waals surface area contributed by atoms with Gasteiger partial charge in [0.2, 0.25) is 0 Å². The molecule has 28 heavy (non-hydrogen) atoms. The van der Waals surface area contributed by atoms with Crippen molar-refractivity contribution in [2.75, 3.05) is 13.1 Å². The van der Waals surface area contributed by atoms with Gasteiger partial charge in [0.15, 0.2) is 0 Å². The third-order valence-electron chi connectivity index (χ3n) is 4.08. The molecule has 3 rings (SSSR count). The Labute approximate surface area is 168 Å². The average molecular weight is 407 g/mol. The van der Waals surface area contributed by atoms with E-state index in [2.05, 4.69) is 16.4 Å². The molecule has 8 heteroatoms. The fourth-order valence-electron chi connectivity index (χ4n) is 2.71. The molecule has 2 heterocycles. The van der Waals surface area contributed by atoms with Gasteiger partial charge in [-0.05, 0) is 49.7 Å². The van der Waals surface area contributed by atoms with E-state index in [4.69, 9.17) is 26.6 Å². The van der Waals surface area contributed by atoms with Crippen LogP contribution in [-0.4, -0.2) is 40.2 Å². The number of nitrogens with one attached hydrogen (secondary N) is 1. The minimum absolute atomic E-state index is 0.296. The molecule has 150 valence electrons. The third kappa shape index (κ3) is 7.17. The number of hydrogen-bond donors (Lipinski definition) is 3. The normalized spacial score (nSPS) is 12.8. The van der Waals surface area contributed by atoms with Crippen molar-refractivity contribution in [3.8, 4) is 5.75 Å². The second-order valence-electron chi connectivity index (χ2n) is 6.16. The Bertz CT molecular complexity index is 785. The highest BCUT2D eigenvalue weighted by atomic mass is 35.5. The lowest BCUT2D eigenvalue weighted by atomic mass is 10.0. The molecule has 0 atom stereocenters. The Morgan fingerprint density at radius 2 is 1.79 bits per heavy atom. The summed E-state index contributed by atoms with van der Waals surface area (Å²) >= 11 is 6.31. The lowest BCUT2D eigenvalue weighted by Crippen LogP contribution is -2.16. The monoisotopic (exact) mass is 406 g/mol. The van der Waals surface area contributed by atoms with Crippen LogP contribution in [0, 0.1) is 0 Å². The molecule has 0 bridgehead atoms. The number of nitrogens with zero attached hydrogens (tertiary/aromatic N) is 1. The molecule has 0 unspecified atom stereocenters. The van der Waals surface area contributed by atoms with Crippen LogP contribution in [0.3, 0.4) is 0 Å². The van der Waals surface area contributed by atoms with Gasteiger partial charge >= 0.3 is 11.9 Å². The summed E-state index contributed by atoms with van der Waals surface area (Å²) in [5, 5.41) is 19.9. The van der Waals surface area contributed by atoms with Gasteiger partial charge < -0.3 is 20.3 Å². The first-order chi connectivity index (χ1) is 13.5. The van der Waals surface area contributed by atoms with Crippen LogP contribution in [0.25, 0.3) is 0 Å². The van der Waals surface area contributed by atoms with E-state index in [1.54, 1.807) is 6.20 Å². The van der Waals surface area contributed by atoms with Gasteiger partial charge in [-0.1, -0.05) is 23.7 Å². The predicted octanol–water partition coefficient (Wildman–Crippen LogP) is 2.94. The van der Waals surface area contributed by atoms with Crippen LogP contribution in [0.2, 0.25) is 5.02 Å². The smallest absolute Gasteiger partial charge is 0.303 e. The number of pyridine rings is 1. The Balaban J connectivity index is 0.000000300. The molecular formula is C20H23ClN2O5. The molecule has 0 fully saturated rings. The topological polar surface area (TPSA) is 109 Å². The van der Waals surface area contributed by atoms with Crippen molar-refractivity contribution in [3.05, 3.63) is 58.4 Å². The Hall–Kier alpha value is -2.64. The predicted molar refractivity (Wildman–Crippen MR) is 105 cm³/mol. The van der Waals surface area contributed by atoms with Gasteiger partial charge in [-0.2, -0.15) is 0 Å². The second-order valence-corrected chi connectivity index (χ2v) is 6.57. The molecule has 2 aromatic rings. The molecule has 1 aliphatic rings. The summed E-state index contributed by atoms with van der Waals surface area (Å²) in [5.74, 6) is -1.33. The summed E-state index contributed by atoms with van der Waals surface area (Å²) in [6.07, 6.45) is 3.15. The summed E-state index contributed by atoms with van der Waals surface area (Å²) in [4.78, 5) is 23.6. The van der Waals surface area contributed by atoms with Gasteiger partial charge in [-0.25, -0.2) is 0 Å². The van der Waals surface area contributed by atoms with Crippen LogP contribution in [0.1, 0.15) is 29.7 Å². The number of benzene rings is 1. The zero-order valence-corrected chi connectivity index (χ0v) is 16.1. The van der Waals surface area contributed by atoms with Crippen molar-refractivity contribution >= 4 is 23.5 Å². The highest BCUT2D eigenvalue weighted by molar-refractivity contribution is 6.32. The molecule has 1 aromatic carbocycles. The molecule has 0 amide bonds. The minimum atomic E-state index is -1.08. The molecule has 1 aliphatic heterocycles. The molecule has 0 aliphatic carbocycles. The fourth-order valence-corrected chi connectivity index (χ4v) is 2.94. The van der Waals surface area contributed by atoms with E-state index < -0.39 is 11.9 Å². The highest BCUT2D eigenvalue weighted by Gasteiger charge is 2.16. The van der Waals surface area contributed by atoms with E-state index in [1.165, 1.54) is 11.1 Å². The van der Waals surface area contributed by atoms with Crippen LogP contribution >= 0.6 is 11.6 Å². The van der Waals surface area contributed by atoms with Crippen LogP contribution in [0.15, 0.2) is 36.5 Å². The molecule has 0 spiro atoms.